The van der Waals surface area contributed by atoms with Crippen LogP contribution >= 0.6 is 12.2 Å². The van der Waals surface area contributed by atoms with Crippen molar-refractivity contribution < 1.29 is 0 Å². The molecule has 20 heavy (non-hydrogen) atoms. The molecule has 1 saturated carbocycles. The van der Waals surface area contributed by atoms with Crippen molar-refractivity contribution in [2.45, 2.75) is 58.4 Å². The lowest BCUT2D eigenvalue weighted by molar-refractivity contribution is 0.245. The number of benzene rings is 1. The van der Waals surface area contributed by atoms with Crippen molar-refractivity contribution >= 4 is 23.3 Å². The van der Waals surface area contributed by atoms with Crippen LogP contribution in [-0.4, -0.2) is 9.55 Å². The average molecular weight is 288 g/mol. The van der Waals surface area contributed by atoms with E-state index in [0.717, 1.165) is 10.7 Å². The summed E-state index contributed by atoms with van der Waals surface area (Å²) in [6.45, 7) is 4.49. The number of aromatic amines is 1. The number of hydrogen-bond donors (Lipinski definition) is 1. The molecule has 3 heteroatoms. The second-order valence-corrected chi connectivity index (χ2v) is 6.53. The molecule has 1 aromatic heterocycles. The van der Waals surface area contributed by atoms with Gasteiger partial charge in [-0.15, -0.1) is 0 Å². The van der Waals surface area contributed by atoms with Crippen LogP contribution in [0.25, 0.3) is 11.0 Å². The number of para-hydroxylation sites is 1. The summed E-state index contributed by atoms with van der Waals surface area (Å²) in [5.41, 5.74) is 3.82. The third-order valence-electron chi connectivity index (χ3n) is 4.88. The molecule has 0 bridgehead atoms. The van der Waals surface area contributed by atoms with Crippen LogP contribution < -0.4 is 0 Å². The topological polar surface area (TPSA) is 20.7 Å². The van der Waals surface area contributed by atoms with Gasteiger partial charge in [-0.05, 0) is 56.0 Å². The van der Waals surface area contributed by atoms with Crippen LogP contribution in [0.2, 0.25) is 0 Å². The van der Waals surface area contributed by atoms with Gasteiger partial charge in [-0.1, -0.05) is 38.3 Å². The van der Waals surface area contributed by atoms with E-state index in [0.29, 0.717) is 6.04 Å². The van der Waals surface area contributed by atoms with Crippen LogP contribution in [0.15, 0.2) is 18.2 Å². The Labute approximate surface area is 126 Å². The minimum atomic E-state index is 0.553. The Morgan fingerprint density at radius 1 is 1.30 bits per heavy atom. The highest BCUT2D eigenvalue weighted by Crippen LogP contribution is 2.37. The van der Waals surface area contributed by atoms with Crippen molar-refractivity contribution in [1.82, 2.24) is 9.55 Å². The lowest BCUT2D eigenvalue weighted by atomic mass is 9.82. The van der Waals surface area contributed by atoms with Gasteiger partial charge in [-0.2, -0.15) is 0 Å². The molecule has 1 fully saturated rings. The van der Waals surface area contributed by atoms with E-state index >= 15 is 0 Å². The molecule has 1 atom stereocenters. The molecule has 2 nitrogen and oxygen atoms in total. The van der Waals surface area contributed by atoms with Gasteiger partial charge in [0.25, 0.3) is 0 Å². The minimum absolute atomic E-state index is 0.553. The molecule has 0 amide bonds. The van der Waals surface area contributed by atoms with E-state index in [1.54, 1.807) is 0 Å². The largest absolute Gasteiger partial charge is 0.331 e. The molecular formula is C17H24N2S. The van der Waals surface area contributed by atoms with Crippen LogP contribution in [0.4, 0.5) is 0 Å². The van der Waals surface area contributed by atoms with Crippen molar-refractivity contribution in [3.05, 3.63) is 28.5 Å². The second-order valence-electron chi connectivity index (χ2n) is 6.14. The lowest BCUT2D eigenvalue weighted by Gasteiger charge is -2.31. The van der Waals surface area contributed by atoms with Gasteiger partial charge < -0.3 is 9.55 Å². The minimum Gasteiger partial charge on any atom is -0.331 e. The lowest BCUT2D eigenvalue weighted by Crippen LogP contribution is -2.21. The summed E-state index contributed by atoms with van der Waals surface area (Å²) in [5.74, 6) is 0.791. The Hall–Kier alpha value is -1.09. The van der Waals surface area contributed by atoms with E-state index in [1.165, 1.54) is 55.1 Å². The fourth-order valence-corrected chi connectivity index (χ4v) is 4.26. The first-order chi connectivity index (χ1) is 9.72. The predicted octanol–water partition coefficient (Wildman–Crippen LogP) is 5.54. The van der Waals surface area contributed by atoms with Crippen molar-refractivity contribution in [3.63, 3.8) is 0 Å². The van der Waals surface area contributed by atoms with Crippen LogP contribution in [0.5, 0.6) is 0 Å². The number of aryl methyl sites for hydroxylation is 1. The first-order valence-electron chi connectivity index (χ1n) is 7.92. The smallest absolute Gasteiger partial charge is 0.178 e. The second kappa shape index (κ2) is 5.72. The van der Waals surface area contributed by atoms with Crippen molar-refractivity contribution in [3.8, 4) is 0 Å². The Balaban J connectivity index is 2.11. The van der Waals surface area contributed by atoms with Gasteiger partial charge in [-0.25, -0.2) is 0 Å². The molecule has 2 aromatic rings. The molecule has 0 spiro atoms. The van der Waals surface area contributed by atoms with Gasteiger partial charge in [0.15, 0.2) is 4.77 Å². The SMILES string of the molecule is CCC(C1CCCCC1)n1c(=S)[nH]c2cccc(C)c21. The fraction of sp³-hybridized carbons (Fsp3) is 0.588. The first kappa shape index (κ1) is 13.9. The number of imidazole rings is 1. The summed E-state index contributed by atoms with van der Waals surface area (Å²) in [4.78, 5) is 3.40. The highest BCUT2D eigenvalue weighted by Gasteiger charge is 2.25. The van der Waals surface area contributed by atoms with E-state index in [1.807, 2.05) is 0 Å². The van der Waals surface area contributed by atoms with Gasteiger partial charge in [0, 0.05) is 6.04 Å². The van der Waals surface area contributed by atoms with Crippen molar-refractivity contribution in [2.24, 2.45) is 5.92 Å². The Bertz CT molecular complexity index is 647. The molecule has 108 valence electrons. The number of rotatable bonds is 3. The number of aromatic nitrogens is 2. The highest BCUT2D eigenvalue weighted by atomic mass is 32.1. The van der Waals surface area contributed by atoms with Gasteiger partial charge in [0.05, 0.1) is 11.0 Å². The molecule has 0 radical (unpaired) electrons. The zero-order valence-corrected chi connectivity index (χ0v) is 13.3. The number of hydrogen-bond acceptors (Lipinski definition) is 1. The van der Waals surface area contributed by atoms with Gasteiger partial charge in [0.1, 0.15) is 0 Å². The maximum Gasteiger partial charge on any atom is 0.178 e. The van der Waals surface area contributed by atoms with E-state index in [4.69, 9.17) is 12.2 Å². The molecule has 3 rings (SSSR count). The monoisotopic (exact) mass is 288 g/mol. The third kappa shape index (κ3) is 2.32. The predicted molar refractivity (Wildman–Crippen MR) is 87.8 cm³/mol. The molecular weight excluding hydrogens is 264 g/mol. The Kier molecular flexibility index (Phi) is 3.97. The zero-order valence-electron chi connectivity index (χ0n) is 12.5. The van der Waals surface area contributed by atoms with Gasteiger partial charge in [0.2, 0.25) is 0 Å². The van der Waals surface area contributed by atoms with Crippen molar-refractivity contribution in [2.75, 3.05) is 0 Å². The number of fused-ring (bicyclic) bond motifs is 1. The van der Waals surface area contributed by atoms with Crippen LogP contribution in [0.3, 0.4) is 0 Å². The summed E-state index contributed by atoms with van der Waals surface area (Å²) in [6.07, 6.45) is 8.06. The molecule has 1 aliphatic rings. The van der Waals surface area contributed by atoms with Gasteiger partial charge in [-0.3, -0.25) is 0 Å². The van der Waals surface area contributed by atoms with Gasteiger partial charge >= 0.3 is 0 Å². The summed E-state index contributed by atoms with van der Waals surface area (Å²) in [5, 5.41) is 0. The maximum atomic E-state index is 5.63. The van der Waals surface area contributed by atoms with Crippen LogP contribution in [0.1, 0.15) is 57.1 Å². The molecule has 1 heterocycles. The normalized spacial score (nSPS) is 18.5. The molecule has 1 N–H and O–H groups in total. The Morgan fingerprint density at radius 2 is 2.05 bits per heavy atom. The van der Waals surface area contributed by atoms with E-state index in [-0.39, 0.29) is 0 Å². The first-order valence-corrected chi connectivity index (χ1v) is 8.33. The summed E-state index contributed by atoms with van der Waals surface area (Å²) in [7, 11) is 0. The highest BCUT2D eigenvalue weighted by molar-refractivity contribution is 7.71. The molecule has 1 unspecified atom stereocenters. The standard InChI is InChI=1S/C17H24N2S/c1-3-15(13-9-5-4-6-10-13)19-16-12(2)8-7-11-14(16)18-17(19)20/h7-8,11,13,15H,3-6,9-10H2,1-2H3,(H,18,20). The van der Waals surface area contributed by atoms with Crippen molar-refractivity contribution in [1.29, 1.82) is 0 Å². The quantitative estimate of drug-likeness (QED) is 0.735. The van der Waals surface area contributed by atoms with Crippen LogP contribution in [0, 0.1) is 17.6 Å². The molecule has 1 aliphatic carbocycles. The molecule has 0 aliphatic heterocycles. The van der Waals surface area contributed by atoms with Crippen LogP contribution in [-0.2, 0) is 0 Å². The summed E-state index contributed by atoms with van der Waals surface area (Å²) < 4.78 is 3.31. The van der Waals surface area contributed by atoms with E-state index in [9.17, 15) is 0 Å². The average Bonchev–Trinajstić information content (AvgIpc) is 2.79. The summed E-state index contributed by atoms with van der Waals surface area (Å²) in [6, 6.07) is 6.99. The van der Waals surface area contributed by atoms with E-state index in [2.05, 4.69) is 41.6 Å². The van der Waals surface area contributed by atoms with E-state index < -0.39 is 0 Å². The number of H-pyrrole nitrogens is 1. The molecule has 0 saturated heterocycles. The summed E-state index contributed by atoms with van der Waals surface area (Å²) >= 11 is 5.63. The number of nitrogens with one attached hydrogen (secondary N) is 1. The third-order valence-corrected chi connectivity index (χ3v) is 5.18. The maximum absolute atomic E-state index is 5.63. The number of nitrogens with zero attached hydrogens (tertiary/aromatic N) is 1. The zero-order chi connectivity index (χ0) is 14.1. The fourth-order valence-electron chi connectivity index (χ4n) is 3.92. The molecule has 1 aromatic carbocycles. The Morgan fingerprint density at radius 3 is 2.75 bits per heavy atom.